The first-order valence-electron chi connectivity index (χ1n) is 5.65. The molecule has 0 aliphatic carbocycles. The Labute approximate surface area is 95.0 Å². The molecule has 1 unspecified atom stereocenters. The van der Waals surface area contributed by atoms with Crippen molar-refractivity contribution < 1.29 is 0 Å². The molecule has 3 rings (SSSR count). The first-order valence-corrected chi connectivity index (χ1v) is 5.65. The van der Waals surface area contributed by atoms with Crippen molar-refractivity contribution >= 4 is 0 Å². The van der Waals surface area contributed by atoms with Crippen LogP contribution in [0.15, 0.2) is 24.3 Å². The van der Waals surface area contributed by atoms with Gasteiger partial charge in [0.1, 0.15) is 0 Å². The molecule has 2 heterocycles. The lowest BCUT2D eigenvalue weighted by molar-refractivity contribution is 0.0439. The molecule has 82 valence electrons. The quantitative estimate of drug-likeness (QED) is 0.758. The summed E-state index contributed by atoms with van der Waals surface area (Å²) < 4.78 is 0. The maximum atomic E-state index is 8.74. The standard InChI is InChI=1S/C12H14N4/c13-8-10-2-4-11(5-3-10)12-9-15-6-1-7-16(15)14-12/h2-5,12,14H,1,6-7,9H2. The molecule has 0 amide bonds. The van der Waals surface area contributed by atoms with Crippen LogP contribution in [0.2, 0.25) is 0 Å². The first kappa shape index (κ1) is 9.79. The third-order valence-corrected chi connectivity index (χ3v) is 3.27. The summed E-state index contributed by atoms with van der Waals surface area (Å²) in [7, 11) is 0. The van der Waals surface area contributed by atoms with E-state index in [-0.39, 0.29) is 0 Å². The molecule has 2 fully saturated rings. The van der Waals surface area contributed by atoms with Gasteiger partial charge in [-0.2, -0.15) is 10.4 Å². The minimum atomic E-state index is 0.369. The lowest BCUT2D eigenvalue weighted by Gasteiger charge is -2.16. The van der Waals surface area contributed by atoms with Crippen LogP contribution in [0.5, 0.6) is 0 Å². The number of nitrogens with zero attached hydrogens (tertiary/aromatic N) is 3. The lowest BCUT2D eigenvalue weighted by atomic mass is 10.1. The Kier molecular flexibility index (Phi) is 2.37. The van der Waals surface area contributed by atoms with E-state index in [4.69, 9.17) is 5.26 Å². The largest absolute Gasteiger partial charge is 0.232 e. The van der Waals surface area contributed by atoms with Gasteiger partial charge in [-0.1, -0.05) is 12.1 Å². The average Bonchev–Trinajstić information content (AvgIpc) is 2.89. The van der Waals surface area contributed by atoms with Gasteiger partial charge in [-0.15, -0.1) is 0 Å². The van der Waals surface area contributed by atoms with Gasteiger partial charge < -0.3 is 0 Å². The Balaban J connectivity index is 1.76. The Hall–Kier alpha value is -1.41. The second kappa shape index (κ2) is 3.87. The maximum absolute atomic E-state index is 8.74. The SMILES string of the molecule is N#Cc1ccc(C2CN3CCCN3N2)cc1. The molecule has 1 aromatic rings. The summed E-state index contributed by atoms with van der Waals surface area (Å²) in [6.07, 6.45) is 1.24. The third-order valence-electron chi connectivity index (χ3n) is 3.27. The number of hydrogen-bond acceptors (Lipinski definition) is 4. The van der Waals surface area contributed by atoms with Crippen LogP contribution in [0.1, 0.15) is 23.6 Å². The van der Waals surface area contributed by atoms with E-state index in [0.717, 1.165) is 25.2 Å². The molecule has 0 spiro atoms. The lowest BCUT2D eigenvalue weighted by Crippen LogP contribution is -2.35. The fourth-order valence-electron chi connectivity index (χ4n) is 2.40. The predicted octanol–water partition coefficient (Wildman–Crippen LogP) is 1.04. The van der Waals surface area contributed by atoms with Gasteiger partial charge in [0.15, 0.2) is 0 Å². The molecular weight excluding hydrogens is 200 g/mol. The smallest absolute Gasteiger partial charge is 0.0991 e. The number of benzene rings is 1. The number of nitriles is 1. The van der Waals surface area contributed by atoms with Crippen molar-refractivity contribution in [2.75, 3.05) is 19.6 Å². The zero-order valence-corrected chi connectivity index (χ0v) is 9.06. The highest BCUT2D eigenvalue weighted by Crippen LogP contribution is 2.25. The van der Waals surface area contributed by atoms with E-state index >= 15 is 0 Å². The number of nitrogens with one attached hydrogen (secondary N) is 1. The summed E-state index contributed by atoms with van der Waals surface area (Å²) in [6, 6.07) is 10.4. The minimum Gasteiger partial charge on any atom is -0.232 e. The monoisotopic (exact) mass is 214 g/mol. The molecule has 0 aromatic heterocycles. The zero-order valence-electron chi connectivity index (χ0n) is 9.06. The van der Waals surface area contributed by atoms with Crippen molar-refractivity contribution in [3.05, 3.63) is 35.4 Å². The van der Waals surface area contributed by atoms with E-state index in [1.807, 2.05) is 24.3 Å². The second-order valence-corrected chi connectivity index (χ2v) is 4.30. The highest BCUT2D eigenvalue weighted by molar-refractivity contribution is 5.33. The van der Waals surface area contributed by atoms with Crippen molar-refractivity contribution in [1.29, 1.82) is 5.26 Å². The molecule has 0 saturated carbocycles. The summed E-state index contributed by atoms with van der Waals surface area (Å²) in [4.78, 5) is 0. The fraction of sp³-hybridized carbons (Fsp3) is 0.417. The average molecular weight is 214 g/mol. The van der Waals surface area contributed by atoms with E-state index in [9.17, 15) is 0 Å². The molecule has 0 radical (unpaired) electrons. The van der Waals surface area contributed by atoms with Crippen LogP contribution in [-0.4, -0.2) is 29.8 Å². The summed E-state index contributed by atoms with van der Waals surface area (Å²) in [6.45, 7) is 3.29. The van der Waals surface area contributed by atoms with Crippen molar-refractivity contribution in [2.45, 2.75) is 12.5 Å². The van der Waals surface area contributed by atoms with E-state index in [1.54, 1.807) is 0 Å². The molecule has 1 atom stereocenters. The molecular formula is C12H14N4. The van der Waals surface area contributed by atoms with Crippen molar-refractivity contribution in [3.8, 4) is 6.07 Å². The number of hydrogen-bond donors (Lipinski definition) is 1. The number of hydrazine groups is 2. The third kappa shape index (κ3) is 1.59. The van der Waals surface area contributed by atoms with Gasteiger partial charge in [0, 0.05) is 19.6 Å². The van der Waals surface area contributed by atoms with Gasteiger partial charge in [-0.3, -0.25) is 0 Å². The summed E-state index contributed by atoms with van der Waals surface area (Å²) in [5.41, 5.74) is 5.47. The van der Waals surface area contributed by atoms with Gasteiger partial charge in [0.2, 0.25) is 0 Å². The van der Waals surface area contributed by atoms with Crippen LogP contribution in [0.3, 0.4) is 0 Å². The van der Waals surface area contributed by atoms with E-state index < -0.39 is 0 Å². The summed E-state index contributed by atoms with van der Waals surface area (Å²) in [5.74, 6) is 0. The molecule has 1 N–H and O–H groups in total. The summed E-state index contributed by atoms with van der Waals surface area (Å²) in [5, 5.41) is 13.3. The van der Waals surface area contributed by atoms with Crippen LogP contribution >= 0.6 is 0 Å². The number of rotatable bonds is 1. The highest BCUT2D eigenvalue weighted by Gasteiger charge is 2.33. The van der Waals surface area contributed by atoms with Crippen molar-refractivity contribution in [1.82, 2.24) is 15.6 Å². The Bertz CT molecular complexity index is 408. The molecule has 4 nitrogen and oxygen atoms in total. The molecule has 2 aliphatic rings. The molecule has 2 aliphatic heterocycles. The van der Waals surface area contributed by atoms with Gasteiger partial charge >= 0.3 is 0 Å². The normalized spacial score (nSPS) is 25.6. The fourth-order valence-corrected chi connectivity index (χ4v) is 2.40. The Morgan fingerprint density at radius 1 is 1.25 bits per heavy atom. The molecule has 1 aromatic carbocycles. The van der Waals surface area contributed by atoms with Crippen LogP contribution in [0, 0.1) is 11.3 Å². The van der Waals surface area contributed by atoms with Gasteiger partial charge in [-0.05, 0) is 24.1 Å². The molecule has 16 heavy (non-hydrogen) atoms. The second-order valence-electron chi connectivity index (χ2n) is 4.30. The van der Waals surface area contributed by atoms with Crippen LogP contribution < -0.4 is 5.43 Å². The van der Waals surface area contributed by atoms with E-state index in [2.05, 4.69) is 21.6 Å². The topological polar surface area (TPSA) is 42.3 Å². The van der Waals surface area contributed by atoms with Gasteiger partial charge in [0.25, 0.3) is 0 Å². The zero-order chi connectivity index (χ0) is 11.0. The minimum absolute atomic E-state index is 0.369. The van der Waals surface area contributed by atoms with E-state index in [0.29, 0.717) is 6.04 Å². The maximum Gasteiger partial charge on any atom is 0.0991 e. The molecule has 4 heteroatoms. The van der Waals surface area contributed by atoms with Gasteiger partial charge in [0.05, 0.1) is 17.7 Å². The van der Waals surface area contributed by atoms with E-state index in [1.165, 1.54) is 12.0 Å². The van der Waals surface area contributed by atoms with Crippen LogP contribution in [0.4, 0.5) is 0 Å². The predicted molar refractivity (Wildman–Crippen MR) is 59.9 cm³/mol. The Morgan fingerprint density at radius 3 is 2.75 bits per heavy atom. The number of fused-ring (bicyclic) bond motifs is 1. The molecule has 2 saturated heterocycles. The van der Waals surface area contributed by atoms with Crippen LogP contribution in [0.25, 0.3) is 0 Å². The summed E-state index contributed by atoms with van der Waals surface area (Å²) >= 11 is 0. The van der Waals surface area contributed by atoms with Crippen LogP contribution in [-0.2, 0) is 0 Å². The molecule has 0 bridgehead atoms. The highest BCUT2D eigenvalue weighted by atomic mass is 15.8. The van der Waals surface area contributed by atoms with Gasteiger partial charge in [-0.25, -0.2) is 10.4 Å². The Morgan fingerprint density at radius 2 is 2.06 bits per heavy atom. The first-order chi connectivity index (χ1) is 7.86. The van der Waals surface area contributed by atoms with Crippen molar-refractivity contribution in [2.24, 2.45) is 0 Å². The van der Waals surface area contributed by atoms with Crippen molar-refractivity contribution in [3.63, 3.8) is 0 Å².